The first kappa shape index (κ1) is 14.3. The summed E-state index contributed by atoms with van der Waals surface area (Å²) in [5, 5.41) is 3.10. The summed E-state index contributed by atoms with van der Waals surface area (Å²) in [5.74, 6) is -0.509. The third-order valence-corrected chi connectivity index (χ3v) is 3.47. The molecule has 0 spiro atoms. The SMILES string of the molecule is O=C(CNC(=O)c1ccc2nc[nH]c2c1)c1cccc(Cl)c1. The number of imidazole rings is 1. The van der Waals surface area contributed by atoms with Crippen LogP contribution in [0.3, 0.4) is 0 Å². The number of carbonyl (C=O) groups excluding carboxylic acids is 2. The Labute approximate surface area is 131 Å². The lowest BCUT2D eigenvalue weighted by Crippen LogP contribution is -2.29. The molecule has 0 saturated carbocycles. The highest BCUT2D eigenvalue weighted by Gasteiger charge is 2.11. The van der Waals surface area contributed by atoms with Gasteiger partial charge in [-0.15, -0.1) is 0 Å². The van der Waals surface area contributed by atoms with Crippen molar-refractivity contribution in [2.45, 2.75) is 0 Å². The zero-order valence-corrected chi connectivity index (χ0v) is 12.2. The molecule has 22 heavy (non-hydrogen) atoms. The summed E-state index contributed by atoms with van der Waals surface area (Å²) in [6.45, 7) is -0.0831. The first-order chi connectivity index (χ1) is 10.6. The van der Waals surface area contributed by atoms with Crippen molar-refractivity contribution in [1.82, 2.24) is 15.3 Å². The van der Waals surface area contributed by atoms with Gasteiger partial charge in [-0.1, -0.05) is 23.7 Å². The maximum atomic E-state index is 12.1. The average Bonchev–Trinajstić information content (AvgIpc) is 2.99. The topological polar surface area (TPSA) is 74.8 Å². The van der Waals surface area contributed by atoms with E-state index in [4.69, 9.17) is 11.6 Å². The Morgan fingerprint density at radius 2 is 2.00 bits per heavy atom. The van der Waals surface area contributed by atoms with Gasteiger partial charge in [-0.2, -0.15) is 0 Å². The smallest absolute Gasteiger partial charge is 0.251 e. The molecule has 0 atom stereocenters. The van der Waals surface area contributed by atoms with E-state index < -0.39 is 0 Å². The van der Waals surface area contributed by atoms with E-state index in [1.165, 1.54) is 0 Å². The maximum Gasteiger partial charge on any atom is 0.251 e. The molecule has 0 radical (unpaired) electrons. The van der Waals surface area contributed by atoms with Crippen molar-refractivity contribution in [1.29, 1.82) is 0 Å². The van der Waals surface area contributed by atoms with Crippen molar-refractivity contribution in [2.24, 2.45) is 0 Å². The van der Waals surface area contributed by atoms with Gasteiger partial charge in [0, 0.05) is 16.1 Å². The molecule has 0 fully saturated rings. The van der Waals surface area contributed by atoms with Crippen LogP contribution >= 0.6 is 11.6 Å². The molecule has 1 aromatic heterocycles. The fourth-order valence-electron chi connectivity index (χ4n) is 2.10. The van der Waals surface area contributed by atoms with Gasteiger partial charge in [0.25, 0.3) is 5.91 Å². The second kappa shape index (κ2) is 5.99. The highest BCUT2D eigenvalue weighted by molar-refractivity contribution is 6.31. The molecule has 110 valence electrons. The van der Waals surface area contributed by atoms with Crippen LogP contribution in [0, 0.1) is 0 Å². The van der Waals surface area contributed by atoms with Crippen molar-refractivity contribution in [3.63, 3.8) is 0 Å². The minimum Gasteiger partial charge on any atom is -0.345 e. The number of H-pyrrole nitrogens is 1. The standard InChI is InChI=1S/C16H12ClN3O2/c17-12-3-1-2-10(6-12)15(21)8-18-16(22)11-4-5-13-14(7-11)20-9-19-13/h1-7,9H,8H2,(H,18,22)(H,19,20). The summed E-state index contributed by atoms with van der Waals surface area (Å²) in [6.07, 6.45) is 1.56. The largest absolute Gasteiger partial charge is 0.345 e. The maximum absolute atomic E-state index is 12.1. The summed E-state index contributed by atoms with van der Waals surface area (Å²) in [7, 11) is 0. The molecule has 5 nitrogen and oxygen atoms in total. The van der Waals surface area contributed by atoms with Gasteiger partial charge in [0.05, 0.1) is 23.9 Å². The third-order valence-electron chi connectivity index (χ3n) is 3.24. The highest BCUT2D eigenvalue weighted by Crippen LogP contribution is 2.12. The molecule has 0 aliphatic carbocycles. The van der Waals surface area contributed by atoms with Gasteiger partial charge < -0.3 is 10.3 Å². The van der Waals surface area contributed by atoms with Crippen LogP contribution in [0.4, 0.5) is 0 Å². The Bertz CT molecular complexity index is 857. The first-order valence-electron chi connectivity index (χ1n) is 6.63. The molecule has 3 rings (SSSR count). The first-order valence-corrected chi connectivity index (χ1v) is 7.01. The van der Waals surface area contributed by atoms with Gasteiger partial charge in [0.2, 0.25) is 0 Å². The molecule has 1 amide bonds. The monoisotopic (exact) mass is 313 g/mol. The van der Waals surface area contributed by atoms with E-state index in [9.17, 15) is 9.59 Å². The second-order valence-corrected chi connectivity index (χ2v) is 5.19. The van der Waals surface area contributed by atoms with Crippen molar-refractivity contribution in [2.75, 3.05) is 6.54 Å². The number of halogens is 1. The molecule has 0 aliphatic heterocycles. The van der Waals surface area contributed by atoms with Crippen LogP contribution in [0.1, 0.15) is 20.7 Å². The van der Waals surface area contributed by atoms with Crippen LogP contribution in [0.2, 0.25) is 5.02 Å². The van der Waals surface area contributed by atoms with Crippen LogP contribution in [0.25, 0.3) is 11.0 Å². The van der Waals surface area contributed by atoms with Crippen molar-refractivity contribution in [3.05, 3.63) is 64.9 Å². The number of fused-ring (bicyclic) bond motifs is 1. The summed E-state index contributed by atoms with van der Waals surface area (Å²) in [6, 6.07) is 11.7. The molecule has 6 heteroatoms. The number of hydrogen-bond donors (Lipinski definition) is 2. The van der Waals surface area contributed by atoms with E-state index in [0.717, 1.165) is 11.0 Å². The second-order valence-electron chi connectivity index (χ2n) is 4.75. The summed E-state index contributed by atoms with van der Waals surface area (Å²) < 4.78 is 0. The van der Waals surface area contributed by atoms with Gasteiger partial charge >= 0.3 is 0 Å². The molecule has 3 aromatic rings. The number of nitrogens with one attached hydrogen (secondary N) is 2. The Balaban J connectivity index is 1.67. The predicted molar refractivity (Wildman–Crippen MR) is 84.2 cm³/mol. The van der Waals surface area contributed by atoms with E-state index in [1.54, 1.807) is 48.8 Å². The number of carbonyl (C=O) groups is 2. The van der Waals surface area contributed by atoms with Crippen LogP contribution in [0.15, 0.2) is 48.8 Å². The molecular formula is C16H12ClN3O2. The number of amides is 1. The highest BCUT2D eigenvalue weighted by atomic mass is 35.5. The number of aromatic nitrogens is 2. The number of Topliss-reactive ketones (excluding diaryl/α,β-unsaturated/α-hetero) is 1. The Morgan fingerprint density at radius 1 is 1.14 bits per heavy atom. The molecule has 0 aliphatic rings. The normalized spacial score (nSPS) is 10.6. The number of hydrogen-bond acceptors (Lipinski definition) is 3. The molecule has 2 aromatic carbocycles. The molecule has 1 heterocycles. The van der Waals surface area contributed by atoms with E-state index >= 15 is 0 Å². The number of benzene rings is 2. The molecule has 0 bridgehead atoms. The number of rotatable bonds is 4. The zero-order chi connectivity index (χ0) is 15.5. The summed E-state index contributed by atoms with van der Waals surface area (Å²) in [4.78, 5) is 31.1. The van der Waals surface area contributed by atoms with E-state index in [1.807, 2.05) is 0 Å². The van der Waals surface area contributed by atoms with Crippen LogP contribution < -0.4 is 5.32 Å². The van der Waals surface area contributed by atoms with Crippen LogP contribution in [-0.2, 0) is 0 Å². The Kier molecular flexibility index (Phi) is 3.89. The van der Waals surface area contributed by atoms with Crippen LogP contribution in [-0.4, -0.2) is 28.2 Å². The van der Waals surface area contributed by atoms with E-state index in [-0.39, 0.29) is 18.2 Å². The molecule has 0 saturated heterocycles. The minimum atomic E-state index is -0.313. The fraction of sp³-hybridized carbons (Fsp3) is 0.0625. The quantitative estimate of drug-likeness (QED) is 0.727. The lowest BCUT2D eigenvalue weighted by Gasteiger charge is -2.05. The molecule has 2 N–H and O–H groups in total. The van der Waals surface area contributed by atoms with Crippen LogP contribution in [0.5, 0.6) is 0 Å². The zero-order valence-electron chi connectivity index (χ0n) is 11.5. The lowest BCUT2D eigenvalue weighted by molar-refractivity contribution is 0.0904. The minimum absolute atomic E-state index is 0.0831. The van der Waals surface area contributed by atoms with E-state index in [2.05, 4.69) is 15.3 Å². The summed E-state index contributed by atoms with van der Waals surface area (Å²) >= 11 is 5.84. The molecule has 0 unspecified atom stereocenters. The Morgan fingerprint density at radius 3 is 2.82 bits per heavy atom. The predicted octanol–water partition coefficient (Wildman–Crippen LogP) is 2.83. The van der Waals surface area contributed by atoms with Gasteiger partial charge in [-0.05, 0) is 30.3 Å². The number of nitrogens with zero attached hydrogens (tertiary/aromatic N) is 1. The summed E-state index contributed by atoms with van der Waals surface area (Å²) in [5.41, 5.74) is 2.49. The van der Waals surface area contributed by atoms with Gasteiger partial charge in [0.15, 0.2) is 5.78 Å². The third kappa shape index (κ3) is 2.99. The average molecular weight is 314 g/mol. The van der Waals surface area contributed by atoms with Crippen molar-refractivity contribution < 1.29 is 9.59 Å². The molecular weight excluding hydrogens is 302 g/mol. The van der Waals surface area contributed by atoms with Gasteiger partial charge in [-0.25, -0.2) is 4.98 Å². The van der Waals surface area contributed by atoms with Crippen molar-refractivity contribution in [3.8, 4) is 0 Å². The Hall–Kier alpha value is -2.66. The fourth-order valence-corrected chi connectivity index (χ4v) is 2.29. The number of aromatic amines is 1. The number of ketones is 1. The lowest BCUT2D eigenvalue weighted by atomic mass is 10.1. The van der Waals surface area contributed by atoms with Crippen molar-refractivity contribution >= 4 is 34.3 Å². The van der Waals surface area contributed by atoms with Gasteiger partial charge in [0.1, 0.15) is 0 Å². The van der Waals surface area contributed by atoms with Gasteiger partial charge in [-0.3, -0.25) is 9.59 Å². The van der Waals surface area contributed by atoms with E-state index in [0.29, 0.717) is 16.1 Å².